The molecule has 0 saturated heterocycles. The molecule has 0 aliphatic heterocycles. The Morgan fingerprint density at radius 2 is 1.71 bits per heavy atom. The van der Waals surface area contributed by atoms with Crippen LogP contribution < -0.4 is 10.6 Å². The zero-order valence-corrected chi connectivity index (χ0v) is 13.9. The second-order valence-corrected chi connectivity index (χ2v) is 5.00. The fourth-order valence-corrected chi connectivity index (χ4v) is 2.73. The van der Waals surface area contributed by atoms with Crippen LogP contribution in [0.1, 0.15) is 0 Å². The van der Waals surface area contributed by atoms with Gasteiger partial charge in [0, 0.05) is 30.0 Å². The number of hydrogen-bond donors (Lipinski definition) is 3. The topological polar surface area (TPSA) is 69.7 Å². The van der Waals surface area contributed by atoms with Crippen molar-refractivity contribution < 1.29 is 10.2 Å². The predicted octanol–water partition coefficient (Wildman–Crippen LogP) is 2.63. The average molecular weight is 351 g/mol. The fraction of sp³-hybridized carbons (Fsp3) is 0.286. The first-order chi connectivity index (χ1) is 9.26. The van der Waals surface area contributed by atoms with Gasteiger partial charge in [-0.15, -0.1) is 24.8 Å². The van der Waals surface area contributed by atoms with Gasteiger partial charge >= 0.3 is 0 Å². The standard InChI is InChI=1S/C14H18N2O2S.2ClH/c15-12-1-2-14(16(4-6-17)5-7-18)13(9-12)11-3-8-19-10-11;;/h1-3,8-10,17-18H,4-7,15H2;2*1H. The summed E-state index contributed by atoms with van der Waals surface area (Å²) < 4.78 is 0. The molecule has 0 atom stereocenters. The van der Waals surface area contributed by atoms with Crippen molar-refractivity contribution in [2.45, 2.75) is 0 Å². The minimum Gasteiger partial charge on any atom is -0.399 e. The lowest BCUT2D eigenvalue weighted by atomic mass is 10.0. The number of rotatable bonds is 6. The van der Waals surface area contributed by atoms with Crippen LogP contribution in [0.3, 0.4) is 0 Å². The summed E-state index contributed by atoms with van der Waals surface area (Å²) in [6.07, 6.45) is 0. The number of halogens is 2. The largest absolute Gasteiger partial charge is 0.399 e. The molecule has 0 fully saturated rings. The average Bonchev–Trinajstić information content (AvgIpc) is 2.92. The van der Waals surface area contributed by atoms with Crippen molar-refractivity contribution in [3.05, 3.63) is 35.0 Å². The van der Waals surface area contributed by atoms with Crippen molar-refractivity contribution in [3.63, 3.8) is 0 Å². The van der Waals surface area contributed by atoms with Crippen molar-refractivity contribution in [2.75, 3.05) is 36.9 Å². The second kappa shape index (κ2) is 9.87. The molecule has 1 aromatic heterocycles. The quantitative estimate of drug-likeness (QED) is 0.700. The highest BCUT2D eigenvalue weighted by Gasteiger charge is 2.12. The zero-order valence-electron chi connectivity index (χ0n) is 11.4. The maximum Gasteiger partial charge on any atom is 0.0606 e. The Bertz CT molecular complexity index is 518. The lowest BCUT2D eigenvalue weighted by Gasteiger charge is -2.25. The highest BCUT2D eigenvalue weighted by molar-refractivity contribution is 7.08. The van der Waals surface area contributed by atoms with E-state index in [1.807, 2.05) is 34.5 Å². The first-order valence-corrected chi connectivity index (χ1v) is 7.09. The normalized spacial score (nSPS) is 9.62. The number of nitrogens with zero attached hydrogens (tertiary/aromatic N) is 1. The number of hydrogen-bond acceptors (Lipinski definition) is 5. The summed E-state index contributed by atoms with van der Waals surface area (Å²) in [5.41, 5.74) is 9.69. The van der Waals surface area contributed by atoms with Crippen molar-refractivity contribution in [2.24, 2.45) is 0 Å². The van der Waals surface area contributed by atoms with Crippen LogP contribution in [0.2, 0.25) is 0 Å². The first-order valence-electron chi connectivity index (χ1n) is 6.15. The second-order valence-electron chi connectivity index (χ2n) is 4.22. The summed E-state index contributed by atoms with van der Waals surface area (Å²) >= 11 is 1.63. The third-order valence-corrected chi connectivity index (χ3v) is 3.62. The van der Waals surface area contributed by atoms with E-state index < -0.39 is 0 Å². The lowest BCUT2D eigenvalue weighted by Crippen LogP contribution is -2.30. The number of nitrogen functional groups attached to an aromatic ring is 1. The molecule has 0 aliphatic carbocycles. The molecule has 0 radical (unpaired) electrons. The SMILES string of the molecule is Cl.Cl.Nc1ccc(N(CCO)CCO)c(-c2ccsc2)c1. The van der Waals surface area contributed by atoms with Gasteiger partial charge in [-0.25, -0.2) is 0 Å². The molecule has 7 heteroatoms. The molecular weight excluding hydrogens is 331 g/mol. The molecule has 2 rings (SSSR count). The maximum atomic E-state index is 9.15. The number of benzene rings is 1. The van der Waals surface area contributed by atoms with Crippen LogP contribution in [0.5, 0.6) is 0 Å². The van der Waals surface area contributed by atoms with Gasteiger partial charge in [-0.2, -0.15) is 11.3 Å². The molecule has 0 aliphatic rings. The summed E-state index contributed by atoms with van der Waals surface area (Å²) in [7, 11) is 0. The summed E-state index contributed by atoms with van der Waals surface area (Å²) in [6.45, 7) is 1.07. The van der Waals surface area contributed by atoms with E-state index in [0.29, 0.717) is 18.8 Å². The molecule has 0 unspecified atom stereocenters. The van der Waals surface area contributed by atoms with Crippen LogP contribution >= 0.6 is 36.2 Å². The van der Waals surface area contributed by atoms with E-state index in [-0.39, 0.29) is 38.0 Å². The van der Waals surface area contributed by atoms with Gasteiger partial charge in [0.15, 0.2) is 0 Å². The van der Waals surface area contributed by atoms with E-state index in [4.69, 9.17) is 15.9 Å². The van der Waals surface area contributed by atoms with Gasteiger partial charge in [0.1, 0.15) is 0 Å². The highest BCUT2D eigenvalue weighted by atomic mass is 35.5. The Morgan fingerprint density at radius 1 is 1.05 bits per heavy atom. The van der Waals surface area contributed by atoms with Gasteiger partial charge in [-0.05, 0) is 40.6 Å². The highest BCUT2D eigenvalue weighted by Crippen LogP contribution is 2.33. The fourth-order valence-electron chi connectivity index (χ4n) is 2.07. The van der Waals surface area contributed by atoms with Gasteiger partial charge in [-0.1, -0.05) is 0 Å². The molecule has 2 aromatic rings. The number of anilines is 2. The summed E-state index contributed by atoms with van der Waals surface area (Å²) in [5.74, 6) is 0. The van der Waals surface area contributed by atoms with Crippen molar-refractivity contribution in [1.82, 2.24) is 0 Å². The summed E-state index contributed by atoms with van der Waals surface area (Å²) in [6, 6.07) is 7.75. The van der Waals surface area contributed by atoms with Crippen LogP contribution in [0.4, 0.5) is 11.4 Å². The number of aliphatic hydroxyl groups excluding tert-OH is 2. The van der Waals surface area contributed by atoms with E-state index in [1.165, 1.54) is 0 Å². The third kappa shape index (κ3) is 5.05. The molecule has 1 aromatic carbocycles. The van der Waals surface area contributed by atoms with E-state index in [1.54, 1.807) is 11.3 Å². The smallest absolute Gasteiger partial charge is 0.0606 e. The molecule has 0 amide bonds. The Labute approximate surface area is 141 Å². The van der Waals surface area contributed by atoms with Crippen molar-refractivity contribution in [3.8, 4) is 11.1 Å². The summed E-state index contributed by atoms with van der Waals surface area (Å²) in [4.78, 5) is 1.96. The van der Waals surface area contributed by atoms with Gasteiger partial charge in [0.25, 0.3) is 0 Å². The summed E-state index contributed by atoms with van der Waals surface area (Å²) in [5, 5.41) is 22.4. The zero-order chi connectivity index (χ0) is 13.7. The van der Waals surface area contributed by atoms with Gasteiger partial charge in [0.05, 0.1) is 13.2 Å². The molecule has 21 heavy (non-hydrogen) atoms. The van der Waals surface area contributed by atoms with Crippen molar-refractivity contribution >= 4 is 47.5 Å². The number of nitrogens with two attached hydrogens (primary N) is 1. The molecule has 4 nitrogen and oxygen atoms in total. The van der Waals surface area contributed by atoms with Gasteiger partial charge in [-0.3, -0.25) is 0 Å². The van der Waals surface area contributed by atoms with E-state index in [2.05, 4.69) is 5.38 Å². The van der Waals surface area contributed by atoms with Crippen LogP contribution in [0.25, 0.3) is 11.1 Å². The van der Waals surface area contributed by atoms with Crippen LogP contribution in [0, 0.1) is 0 Å². The molecule has 118 valence electrons. The van der Waals surface area contributed by atoms with Crippen LogP contribution in [0.15, 0.2) is 35.0 Å². The van der Waals surface area contributed by atoms with E-state index >= 15 is 0 Å². The Hall–Kier alpha value is -0.980. The van der Waals surface area contributed by atoms with Crippen LogP contribution in [-0.2, 0) is 0 Å². The predicted molar refractivity (Wildman–Crippen MR) is 95.0 cm³/mol. The maximum absolute atomic E-state index is 9.15. The molecule has 0 spiro atoms. The lowest BCUT2D eigenvalue weighted by molar-refractivity contribution is 0.281. The Balaban J connectivity index is 0.00000200. The van der Waals surface area contributed by atoms with Crippen LogP contribution in [-0.4, -0.2) is 36.5 Å². The monoisotopic (exact) mass is 350 g/mol. The third-order valence-electron chi connectivity index (χ3n) is 2.93. The molecular formula is C14H20Cl2N2O2S. The number of thiophene rings is 1. The van der Waals surface area contributed by atoms with Gasteiger partial charge in [0.2, 0.25) is 0 Å². The Morgan fingerprint density at radius 3 is 2.24 bits per heavy atom. The molecule has 0 saturated carbocycles. The molecule has 4 N–H and O–H groups in total. The Kier molecular flexibility index (Phi) is 9.41. The van der Waals surface area contributed by atoms with E-state index in [0.717, 1.165) is 16.8 Å². The molecule has 0 bridgehead atoms. The minimum absolute atomic E-state index is 0. The van der Waals surface area contributed by atoms with E-state index in [9.17, 15) is 0 Å². The minimum atomic E-state index is 0. The molecule has 1 heterocycles. The first kappa shape index (κ1) is 20.0. The van der Waals surface area contributed by atoms with Gasteiger partial charge < -0.3 is 20.8 Å². The number of aliphatic hydroxyl groups is 2. The van der Waals surface area contributed by atoms with Crippen molar-refractivity contribution in [1.29, 1.82) is 0 Å².